The number of rotatable bonds is 4. The highest BCUT2D eigenvalue weighted by Crippen LogP contribution is 2.31. The molecule has 26 heavy (non-hydrogen) atoms. The van der Waals surface area contributed by atoms with Crippen LogP contribution in [0.5, 0.6) is 5.75 Å². The Hall–Kier alpha value is -2.86. The molecule has 0 saturated heterocycles. The van der Waals surface area contributed by atoms with Gasteiger partial charge in [0.15, 0.2) is 0 Å². The molecular formula is C19H14ClNO5. The average Bonchev–Trinajstić information content (AvgIpc) is 3.05. The normalized spacial score (nSPS) is 13.0. The molecule has 6 nitrogen and oxygen atoms in total. The number of non-ortho nitro benzene ring substituents is 1. The van der Waals surface area contributed by atoms with Gasteiger partial charge in [0.1, 0.15) is 17.9 Å². The van der Waals surface area contributed by atoms with Gasteiger partial charge in [-0.1, -0.05) is 11.6 Å². The van der Waals surface area contributed by atoms with Gasteiger partial charge in [-0.3, -0.25) is 10.1 Å². The number of nitro benzene ring substituents is 1. The van der Waals surface area contributed by atoms with Gasteiger partial charge in [-0.15, -0.1) is 0 Å². The molecule has 3 aromatic rings. The van der Waals surface area contributed by atoms with E-state index in [9.17, 15) is 14.9 Å². The van der Waals surface area contributed by atoms with Crippen molar-refractivity contribution in [3.63, 3.8) is 0 Å². The Labute approximate surface area is 153 Å². The fourth-order valence-corrected chi connectivity index (χ4v) is 3.52. The molecule has 0 N–H and O–H groups in total. The molecule has 132 valence electrons. The third kappa shape index (κ3) is 3.04. The molecule has 0 amide bonds. The lowest BCUT2D eigenvalue weighted by Gasteiger charge is -2.11. The molecule has 1 heterocycles. The maximum atomic E-state index is 11.9. The Bertz CT molecular complexity index is 1090. The van der Waals surface area contributed by atoms with Gasteiger partial charge in [0, 0.05) is 29.1 Å². The molecule has 1 aromatic heterocycles. The molecule has 1 aliphatic carbocycles. The highest BCUT2D eigenvalue weighted by molar-refractivity contribution is 6.32. The van der Waals surface area contributed by atoms with Crippen LogP contribution in [-0.4, -0.2) is 4.92 Å². The molecule has 7 heteroatoms. The SMILES string of the molecule is O=c1cc(COc2ccc([N+](=O)[O-])cc2Cl)c2cc3c(cc2o1)CCC3. The fraction of sp³-hybridized carbons (Fsp3) is 0.211. The minimum absolute atomic E-state index is 0.108. The summed E-state index contributed by atoms with van der Waals surface area (Å²) in [7, 11) is 0. The molecule has 0 aliphatic heterocycles. The Morgan fingerprint density at radius 2 is 1.92 bits per heavy atom. The second-order valence-corrected chi connectivity index (χ2v) is 6.63. The number of nitro groups is 1. The van der Waals surface area contributed by atoms with E-state index in [1.165, 1.54) is 35.4 Å². The number of fused-ring (bicyclic) bond motifs is 2. The zero-order chi connectivity index (χ0) is 18.3. The third-order valence-corrected chi connectivity index (χ3v) is 4.85. The number of ether oxygens (including phenoxy) is 1. The summed E-state index contributed by atoms with van der Waals surface area (Å²) in [6, 6.07) is 9.40. The van der Waals surface area contributed by atoms with Crippen molar-refractivity contribution in [3.05, 3.63) is 78.6 Å². The van der Waals surface area contributed by atoms with Gasteiger partial charge in [-0.05, 0) is 48.6 Å². The monoisotopic (exact) mass is 371 g/mol. The van der Waals surface area contributed by atoms with Crippen LogP contribution in [0.2, 0.25) is 5.02 Å². The van der Waals surface area contributed by atoms with Gasteiger partial charge >= 0.3 is 5.63 Å². The minimum Gasteiger partial charge on any atom is -0.487 e. The number of hydrogen-bond acceptors (Lipinski definition) is 5. The predicted octanol–water partition coefficient (Wildman–Crippen LogP) is 4.42. The Morgan fingerprint density at radius 3 is 2.65 bits per heavy atom. The van der Waals surface area contributed by atoms with Crippen LogP contribution in [-0.2, 0) is 19.4 Å². The van der Waals surface area contributed by atoms with E-state index < -0.39 is 10.5 Å². The lowest BCUT2D eigenvalue weighted by atomic mass is 10.0. The quantitative estimate of drug-likeness (QED) is 0.385. The second kappa shape index (κ2) is 6.46. The van der Waals surface area contributed by atoms with E-state index in [4.69, 9.17) is 20.8 Å². The zero-order valence-corrected chi connectivity index (χ0v) is 14.4. The van der Waals surface area contributed by atoms with Crippen molar-refractivity contribution in [1.82, 2.24) is 0 Å². The highest BCUT2D eigenvalue weighted by Gasteiger charge is 2.16. The Balaban J connectivity index is 1.67. The van der Waals surface area contributed by atoms with Crippen molar-refractivity contribution in [2.75, 3.05) is 0 Å². The summed E-state index contributed by atoms with van der Waals surface area (Å²) in [4.78, 5) is 22.1. The van der Waals surface area contributed by atoms with E-state index in [1.54, 1.807) is 0 Å². The maximum Gasteiger partial charge on any atom is 0.336 e. The minimum atomic E-state index is -0.522. The average molecular weight is 372 g/mol. The molecule has 0 saturated carbocycles. The van der Waals surface area contributed by atoms with Crippen LogP contribution in [0.4, 0.5) is 5.69 Å². The van der Waals surface area contributed by atoms with Crippen LogP contribution in [0.15, 0.2) is 45.6 Å². The van der Waals surface area contributed by atoms with Crippen molar-refractivity contribution in [2.45, 2.75) is 25.9 Å². The van der Waals surface area contributed by atoms with Crippen LogP contribution < -0.4 is 10.4 Å². The maximum absolute atomic E-state index is 11.9. The zero-order valence-electron chi connectivity index (χ0n) is 13.7. The molecule has 0 bridgehead atoms. The largest absolute Gasteiger partial charge is 0.487 e. The van der Waals surface area contributed by atoms with E-state index in [-0.39, 0.29) is 17.3 Å². The van der Waals surface area contributed by atoms with Gasteiger partial charge in [0.25, 0.3) is 5.69 Å². The first kappa shape index (κ1) is 16.6. The van der Waals surface area contributed by atoms with Gasteiger partial charge in [0.05, 0.1) is 9.95 Å². The van der Waals surface area contributed by atoms with Gasteiger partial charge < -0.3 is 9.15 Å². The summed E-state index contributed by atoms with van der Waals surface area (Å²) < 4.78 is 11.0. The molecule has 0 unspecified atom stereocenters. The molecule has 4 rings (SSSR count). The van der Waals surface area contributed by atoms with Crippen molar-refractivity contribution in [2.24, 2.45) is 0 Å². The van der Waals surface area contributed by atoms with E-state index in [2.05, 4.69) is 6.07 Å². The lowest BCUT2D eigenvalue weighted by molar-refractivity contribution is -0.384. The summed E-state index contributed by atoms with van der Waals surface area (Å²) in [5.41, 5.74) is 3.18. The van der Waals surface area contributed by atoms with Crippen molar-refractivity contribution in [3.8, 4) is 5.75 Å². The third-order valence-electron chi connectivity index (χ3n) is 4.55. The Morgan fingerprint density at radius 1 is 1.15 bits per heavy atom. The molecule has 2 aromatic carbocycles. The van der Waals surface area contributed by atoms with Gasteiger partial charge in [-0.2, -0.15) is 0 Å². The fourth-order valence-electron chi connectivity index (χ4n) is 3.29. The topological polar surface area (TPSA) is 82.6 Å². The van der Waals surface area contributed by atoms with Crippen LogP contribution in [0.25, 0.3) is 11.0 Å². The van der Waals surface area contributed by atoms with Crippen LogP contribution in [0.1, 0.15) is 23.1 Å². The molecular weight excluding hydrogens is 358 g/mol. The Kier molecular flexibility index (Phi) is 4.12. The van der Waals surface area contributed by atoms with Gasteiger partial charge in [-0.25, -0.2) is 4.79 Å². The van der Waals surface area contributed by atoms with Crippen LogP contribution in [0.3, 0.4) is 0 Å². The number of benzene rings is 2. The summed E-state index contributed by atoms with van der Waals surface area (Å²) >= 11 is 6.06. The standard InChI is InChI=1S/C19H14ClNO5/c20-16-9-14(21(23)24)4-5-17(16)25-10-13-8-19(22)26-18-7-12-3-1-2-11(12)6-15(13)18/h4-9H,1-3,10H2. The molecule has 0 radical (unpaired) electrons. The first-order valence-electron chi connectivity index (χ1n) is 8.16. The van der Waals surface area contributed by atoms with Gasteiger partial charge in [0.2, 0.25) is 0 Å². The van der Waals surface area contributed by atoms with E-state index in [0.29, 0.717) is 16.9 Å². The van der Waals surface area contributed by atoms with Crippen molar-refractivity contribution < 1.29 is 14.1 Å². The lowest BCUT2D eigenvalue weighted by Crippen LogP contribution is -2.05. The van der Waals surface area contributed by atoms with Crippen molar-refractivity contribution in [1.29, 1.82) is 0 Å². The number of nitrogens with zero attached hydrogens (tertiary/aromatic N) is 1. The van der Waals surface area contributed by atoms with Crippen molar-refractivity contribution >= 4 is 28.3 Å². The summed E-state index contributed by atoms with van der Waals surface area (Å²) in [6.45, 7) is 0.110. The first-order chi connectivity index (χ1) is 12.5. The van der Waals surface area contributed by atoms with Crippen LogP contribution in [0, 0.1) is 10.1 Å². The summed E-state index contributed by atoms with van der Waals surface area (Å²) in [6.07, 6.45) is 3.10. The number of aryl methyl sites for hydroxylation is 2. The highest BCUT2D eigenvalue weighted by atomic mass is 35.5. The smallest absolute Gasteiger partial charge is 0.336 e. The summed E-state index contributed by atoms with van der Waals surface area (Å²) in [5.74, 6) is 0.319. The molecule has 1 aliphatic rings. The number of hydrogen-bond donors (Lipinski definition) is 0. The first-order valence-corrected chi connectivity index (χ1v) is 8.54. The van der Waals surface area contributed by atoms with E-state index >= 15 is 0 Å². The summed E-state index contributed by atoms with van der Waals surface area (Å²) in [5, 5.41) is 11.8. The van der Waals surface area contributed by atoms with E-state index in [1.807, 2.05) is 6.07 Å². The van der Waals surface area contributed by atoms with E-state index in [0.717, 1.165) is 24.6 Å². The molecule has 0 spiro atoms. The molecule has 0 fully saturated rings. The van der Waals surface area contributed by atoms with Crippen LogP contribution >= 0.6 is 11.6 Å². The number of halogens is 1. The predicted molar refractivity (Wildman–Crippen MR) is 96.9 cm³/mol. The second-order valence-electron chi connectivity index (χ2n) is 6.22. The molecule has 0 atom stereocenters.